The number of nitrogens with zero attached hydrogens (tertiary/aromatic N) is 1. The molecule has 6 heteroatoms. The standard InChI is InChI=1S/C15H15N3O3/c16-14-11(3-1-6-17-14)15(19)18-10-4-5-12-13(9-10)21-8-2-7-20-12/h1,3-6,9H,2,7-8H2,(H2,16,17)(H,18,19). The maximum atomic E-state index is 12.2. The Bertz CT molecular complexity index is 673. The van der Waals surface area contributed by atoms with Gasteiger partial charge >= 0.3 is 0 Å². The summed E-state index contributed by atoms with van der Waals surface area (Å²) in [4.78, 5) is 16.1. The number of pyridine rings is 1. The molecule has 1 amide bonds. The van der Waals surface area contributed by atoms with Gasteiger partial charge in [0.25, 0.3) is 5.91 Å². The Balaban J connectivity index is 1.81. The van der Waals surface area contributed by atoms with Crippen LogP contribution >= 0.6 is 0 Å². The SMILES string of the molecule is Nc1ncccc1C(=O)Nc1ccc2c(c1)OCCCO2. The highest BCUT2D eigenvalue weighted by atomic mass is 16.5. The fourth-order valence-corrected chi connectivity index (χ4v) is 2.05. The van der Waals surface area contributed by atoms with Crippen molar-refractivity contribution in [1.29, 1.82) is 0 Å². The molecule has 1 aromatic carbocycles. The summed E-state index contributed by atoms with van der Waals surface area (Å²) in [5, 5.41) is 2.78. The molecule has 0 atom stereocenters. The molecule has 3 rings (SSSR count). The number of carbonyl (C=O) groups is 1. The van der Waals surface area contributed by atoms with Gasteiger partial charge < -0.3 is 20.5 Å². The minimum atomic E-state index is -0.310. The number of hydrogen-bond acceptors (Lipinski definition) is 5. The van der Waals surface area contributed by atoms with E-state index in [4.69, 9.17) is 15.2 Å². The molecule has 2 heterocycles. The van der Waals surface area contributed by atoms with Gasteiger partial charge in [-0.1, -0.05) is 0 Å². The Kier molecular flexibility index (Phi) is 3.59. The van der Waals surface area contributed by atoms with E-state index >= 15 is 0 Å². The molecule has 21 heavy (non-hydrogen) atoms. The zero-order valence-electron chi connectivity index (χ0n) is 11.3. The number of amides is 1. The molecular weight excluding hydrogens is 270 g/mol. The van der Waals surface area contributed by atoms with Crippen LogP contribution in [0.2, 0.25) is 0 Å². The largest absolute Gasteiger partial charge is 0.490 e. The van der Waals surface area contributed by atoms with Crippen molar-refractivity contribution in [2.75, 3.05) is 24.3 Å². The number of fused-ring (bicyclic) bond motifs is 1. The first-order valence-corrected chi connectivity index (χ1v) is 6.65. The lowest BCUT2D eigenvalue weighted by molar-refractivity contribution is 0.102. The smallest absolute Gasteiger partial charge is 0.259 e. The molecule has 0 bridgehead atoms. The van der Waals surface area contributed by atoms with E-state index in [-0.39, 0.29) is 11.7 Å². The molecule has 0 aliphatic carbocycles. The zero-order valence-corrected chi connectivity index (χ0v) is 11.3. The van der Waals surface area contributed by atoms with E-state index in [0.29, 0.717) is 36.0 Å². The number of benzene rings is 1. The summed E-state index contributed by atoms with van der Waals surface area (Å²) in [6, 6.07) is 8.58. The number of carbonyl (C=O) groups excluding carboxylic acids is 1. The van der Waals surface area contributed by atoms with Gasteiger partial charge in [-0.2, -0.15) is 0 Å². The van der Waals surface area contributed by atoms with Gasteiger partial charge in [0.05, 0.1) is 18.8 Å². The summed E-state index contributed by atoms with van der Waals surface area (Å²) in [7, 11) is 0. The molecule has 2 aromatic rings. The van der Waals surface area contributed by atoms with Crippen molar-refractivity contribution in [3.63, 3.8) is 0 Å². The van der Waals surface area contributed by atoms with Crippen LogP contribution in [0.5, 0.6) is 11.5 Å². The van der Waals surface area contributed by atoms with Crippen molar-refractivity contribution in [3.05, 3.63) is 42.1 Å². The van der Waals surface area contributed by atoms with E-state index in [1.807, 2.05) is 0 Å². The normalized spacial score (nSPS) is 13.3. The van der Waals surface area contributed by atoms with Crippen LogP contribution in [0, 0.1) is 0 Å². The van der Waals surface area contributed by atoms with Gasteiger partial charge in [-0.25, -0.2) is 4.98 Å². The Morgan fingerprint density at radius 3 is 2.81 bits per heavy atom. The summed E-state index contributed by atoms with van der Waals surface area (Å²) in [6.07, 6.45) is 2.38. The van der Waals surface area contributed by atoms with Gasteiger partial charge in [-0.3, -0.25) is 4.79 Å². The Morgan fingerprint density at radius 1 is 1.19 bits per heavy atom. The third kappa shape index (κ3) is 2.89. The predicted molar refractivity (Wildman–Crippen MR) is 78.7 cm³/mol. The molecule has 6 nitrogen and oxygen atoms in total. The second kappa shape index (κ2) is 5.70. The first-order valence-electron chi connectivity index (χ1n) is 6.65. The number of anilines is 2. The molecule has 0 saturated heterocycles. The van der Waals surface area contributed by atoms with Crippen LogP contribution in [-0.2, 0) is 0 Å². The molecule has 3 N–H and O–H groups in total. The number of nitrogens with two attached hydrogens (primary N) is 1. The zero-order chi connectivity index (χ0) is 14.7. The first-order chi connectivity index (χ1) is 10.2. The molecule has 1 aliphatic heterocycles. The first kappa shape index (κ1) is 13.2. The lowest BCUT2D eigenvalue weighted by Gasteiger charge is -2.11. The number of nitrogens with one attached hydrogen (secondary N) is 1. The van der Waals surface area contributed by atoms with Crippen molar-refractivity contribution >= 4 is 17.4 Å². The fraction of sp³-hybridized carbons (Fsp3) is 0.200. The summed E-state index contributed by atoms with van der Waals surface area (Å²) < 4.78 is 11.1. The highest BCUT2D eigenvalue weighted by molar-refractivity contribution is 6.07. The predicted octanol–water partition coefficient (Wildman–Crippen LogP) is 2.08. The lowest BCUT2D eigenvalue weighted by Crippen LogP contribution is -2.14. The molecule has 0 saturated carbocycles. The Labute approximate surface area is 121 Å². The summed E-state index contributed by atoms with van der Waals surface area (Å²) in [6.45, 7) is 1.23. The molecule has 0 fully saturated rings. The van der Waals surface area contributed by atoms with Gasteiger partial charge in [0.1, 0.15) is 5.82 Å². The van der Waals surface area contributed by atoms with Crippen LogP contribution in [0.25, 0.3) is 0 Å². The summed E-state index contributed by atoms with van der Waals surface area (Å²) in [5.74, 6) is 1.20. The van der Waals surface area contributed by atoms with E-state index in [2.05, 4.69) is 10.3 Å². The van der Waals surface area contributed by atoms with Crippen molar-refractivity contribution in [1.82, 2.24) is 4.98 Å². The van der Waals surface area contributed by atoms with E-state index in [9.17, 15) is 4.79 Å². The van der Waals surface area contributed by atoms with Crippen molar-refractivity contribution < 1.29 is 14.3 Å². The highest BCUT2D eigenvalue weighted by Gasteiger charge is 2.14. The van der Waals surface area contributed by atoms with Gasteiger partial charge in [0.15, 0.2) is 11.5 Å². The minimum Gasteiger partial charge on any atom is -0.490 e. The van der Waals surface area contributed by atoms with Gasteiger partial charge in [-0.15, -0.1) is 0 Å². The number of aromatic nitrogens is 1. The van der Waals surface area contributed by atoms with E-state index in [0.717, 1.165) is 6.42 Å². The van der Waals surface area contributed by atoms with Crippen LogP contribution in [0.15, 0.2) is 36.5 Å². The number of rotatable bonds is 2. The number of ether oxygens (including phenoxy) is 2. The van der Waals surface area contributed by atoms with Gasteiger partial charge in [0.2, 0.25) is 0 Å². The monoisotopic (exact) mass is 285 g/mol. The fourth-order valence-electron chi connectivity index (χ4n) is 2.05. The van der Waals surface area contributed by atoms with E-state index in [1.165, 1.54) is 0 Å². The van der Waals surface area contributed by atoms with E-state index in [1.54, 1.807) is 36.5 Å². The molecule has 1 aromatic heterocycles. The average molecular weight is 285 g/mol. The number of nitrogen functional groups attached to an aromatic ring is 1. The molecule has 108 valence electrons. The van der Waals surface area contributed by atoms with Gasteiger partial charge in [-0.05, 0) is 24.3 Å². The topological polar surface area (TPSA) is 86.5 Å². The average Bonchev–Trinajstić information content (AvgIpc) is 2.72. The maximum absolute atomic E-state index is 12.2. The van der Waals surface area contributed by atoms with Crippen LogP contribution < -0.4 is 20.5 Å². The second-order valence-corrected chi connectivity index (χ2v) is 4.60. The van der Waals surface area contributed by atoms with Crippen LogP contribution in [-0.4, -0.2) is 24.1 Å². The molecule has 0 spiro atoms. The van der Waals surface area contributed by atoms with E-state index < -0.39 is 0 Å². The molecule has 0 radical (unpaired) electrons. The van der Waals surface area contributed by atoms with Crippen molar-refractivity contribution in [2.45, 2.75) is 6.42 Å². The maximum Gasteiger partial charge on any atom is 0.259 e. The van der Waals surface area contributed by atoms with Crippen LogP contribution in [0.4, 0.5) is 11.5 Å². The molecular formula is C15H15N3O3. The lowest BCUT2D eigenvalue weighted by atomic mass is 10.2. The Morgan fingerprint density at radius 2 is 2.00 bits per heavy atom. The van der Waals surface area contributed by atoms with Gasteiger partial charge in [0, 0.05) is 24.4 Å². The second-order valence-electron chi connectivity index (χ2n) is 4.60. The van der Waals surface area contributed by atoms with Crippen LogP contribution in [0.1, 0.15) is 16.8 Å². The summed E-state index contributed by atoms with van der Waals surface area (Å²) in [5.41, 5.74) is 6.65. The third-order valence-corrected chi connectivity index (χ3v) is 3.09. The quantitative estimate of drug-likeness (QED) is 0.882. The minimum absolute atomic E-state index is 0.198. The van der Waals surface area contributed by atoms with Crippen LogP contribution in [0.3, 0.4) is 0 Å². The number of hydrogen-bond donors (Lipinski definition) is 2. The third-order valence-electron chi connectivity index (χ3n) is 3.09. The highest BCUT2D eigenvalue weighted by Crippen LogP contribution is 2.32. The van der Waals surface area contributed by atoms with Crippen molar-refractivity contribution in [2.24, 2.45) is 0 Å². The molecule has 1 aliphatic rings. The van der Waals surface area contributed by atoms with Crippen molar-refractivity contribution in [3.8, 4) is 11.5 Å². The Hall–Kier alpha value is -2.76. The summed E-state index contributed by atoms with van der Waals surface area (Å²) >= 11 is 0. The molecule has 0 unspecified atom stereocenters.